The molecule has 5 nitrogen and oxygen atoms in total. The van der Waals surface area contributed by atoms with Gasteiger partial charge in [-0.3, -0.25) is 5.21 Å². The molecule has 0 aliphatic heterocycles. The predicted molar refractivity (Wildman–Crippen MR) is 61.1 cm³/mol. The maximum atomic E-state index is 13.0. The molecule has 0 spiro atoms. The van der Waals surface area contributed by atoms with Crippen molar-refractivity contribution in [2.24, 2.45) is 0 Å². The molecule has 0 saturated carbocycles. The number of nitrogens with zero attached hydrogens (tertiary/aromatic N) is 1. The van der Waals surface area contributed by atoms with E-state index in [0.29, 0.717) is 5.06 Å². The molecule has 0 saturated heterocycles. The van der Waals surface area contributed by atoms with Crippen molar-refractivity contribution in [1.29, 1.82) is 0 Å². The molecule has 1 aromatic rings. The lowest BCUT2D eigenvalue weighted by molar-refractivity contribution is -0.0324. The fourth-order valence-corrected chi connectivity index (χ4v) is 1.19. The number of benzene rings is 1. The van der Waals surface area contributed by atoms with E-state index >= 15 is 0 Å². The molecule has 8 heteroatoms. The van der Waals surface area contributed by atoms with E-state index in [4.69, 9.17) is 5.21 Å². The zero-order valence-corrected chi connectivity index (χ0v) is 10.1. The first-order chi connectivity index (χ1) is 8.93. The molecule has 0 heterocycles. The molecule has 0 fully saturated rings. The van der Waals surface area contributed by atoms with Crippen LogP contribution in [-0.4, -0.2) is 35.9 Å². The first-order valence-electron chi connectivity index (χ1n) is 5.42. The molecule has 19 heavy (non-hydrogen) atoms. The van der Waals surface area contributed by atoms with Gasteiger partial charge in [0, 0.05) is 12.6 Å². The Labute approximate surface area is 107 Å². The summed E-state index contributed by atoms with van der Waals surface area (Å²) < 4.78 is 41.8. The first kappa shape index (κ1) is 15.1. The van der Waals surface area contributed by atoms with Gasteiger partial charge in [0.2, 0.25) is 0 Å². The third-order valence-electron chi connectivity index (χ3n) is 2.08. The van der Waals surface area contributed by atoms with Crippen LogP contribution < -0.4 is 10.1 Å². The topological polar surface area (TPSA) is 61.8 Å². The van der Waals surface area contributed by atoms with E-state index in [2.05, 4.69) is 10.1 Å². The normalized spacial score (nSPS) is 10.4. The summed E-state index contributed by atoms with van der Waals surface area (Å²) in [6.07, 6.45) is -2.73. The Balaban J connectivity index is 2.84. The van der Waals surface area contributed by atoms with Crippen molar-refractivity contribution in [3.63, 3.8) is 0 Å². The van der Waals surface area contributed by atoms with Gasteiger partial charge in [0.25, 0.3) is 6.43 Å². The average molecular weight is 278 g/mol. The zero-order chi connectivity index (χ0) is 14.4. The van der Waals surface area contributed by atoms with Crippen LogP contribution in [0.15, 0.2) is 18.2 Å². The van der Waals surface area contributed by atoms with Crippen LogP contribution in [0.4, 0.5) is 23.7 Å². The lowest BCUT2D eigenvalue weighted by Crippen LogP contribution is -2.31. The quantitative estimate of drug-likeness (QED) is 0.643. The van der Waals surface area contributed by atoms with E-state index in [1.54, 1.807) is 0 Å². The van der Waals surface area contributed by atoms with Crippen molar-refractivity contribution in [2.75, 3.05) is 18.5 Å². The van der Waals surface area contributed by atoms with Gasteiger partial charge in [-0.15, -0.1) is 0 Å². The highest BCUT2D eigenvalue weighted by atomic mass is 19.3. The molecular formula is C11H13F3N2O3. The molecule has 0 bridgehead atoms. The second-order valence-electron chi connectivity index (χ2n) is 3.49. The Morgan fingerprint density at radius 3 is 2.79 bits per heavy atom. The number of anilines is 1. The van der Waals surface area contributed by atoms with Crippen molar-refractivity contribution in [1.82, 2.24) is 5.06 Å². The largest absolute Gasteiger partial charge is 0.485 e. The summed E-state index contributed by atoms with van der Waals surface area (Å²) in [5.74, 6) is -0.934. The van der Waals surface area contributed by atoms with E-state index in [0.717, 1.165) is 18.2 Å². The van der Waals surface area contributed by atoms with Crippen LogP contribution in [0.25, 0.3) is 0 Å². The number of hydroxylamine groups is 2. The van der Waals surface area contributed by atoms with Gasteiger partial charge in [-0.25, -0.2) is 23.0 Å². The first-order valence-corrected chi connectivity index (χ1v) is 5.42. The van der Waals surface area contributed by atoms with E-state index in [9.17, 15) is 18.0 Å². The molecule has 0 unspecified atom stereocenters. The minimum absolute atomic E-state index is 0.0143. The van der Waals surface area contributed by atoms with E-state index in [1.807, 2.05) is 0 Å². The minimum Gasteiger partial charge on any atom is -0.485 e. The highest BCUT2D eigenvalue weighted by Crippen LogP contribution is 2.26. The summed E-state index contributed by atoms with van der Waals surface area (Å²) in [5, 5.41) is 11.7. The predicted octanol–water partition coefficient (Wildman–Crippen LogP) is 2.71. The van der Waals surface area contributed by atoms with Crippen LogP contribution in [-0.2, 0) is 0 Å². The maximum Gasteiger partial charge on any atom is 0.345 e. The summed E-state index contributed by atoms with van der Waals surface area (Å²) in [6, 6.07) is 2.16. The Morgan fingerprint density at radius 1 is 1.53 bits per heavy atom. The van der Waals surface area contributed by atoms with Gasteiger partial charge >= 0.3 is 6.03 Å². The summed E-state index contributed by atoms with van der Waals surface area (Å²) in [7, 11) is 0. The Kier molecular flexibility index (Phi) is 5.43. The van der Waals surface area contributed by atoms with E-state index in [-0.39, 0.29) is 18.0 Å². The van der Waals surface area contributed by atoms with Crippen molar-refractivity contribution in [3.05, 3.63) is 24.0 Å². The highest BCUT2D eigenvalue weighted by molar-refractivity contribution is 5.90. The van der Waals surface area contributed by atoms with Gasteiger partial charge in [0.15, 0.2) is 0 Å². The number of ether oxygens (including phenoxy) is 1. The molecule has 1 aromatic carbocycles. The zero-order valence-electron chi connectivity index (χ0n) is 10.1. The smallest absolute Gasteiger partial charge is 0.345 e. The number of urea groups is 1. The molecule has 2 amide bonds. The summed E-state index contributed by atoms with van der Waals surface area (Å²) >= 11 is 0. The van der Waals surface area contributed by atoms with Crippen LogP contribution in [0.2, 0.25) is 0 Å². The molecule has 2 N–H and O–H groups in total. The lowest BCUT2D eigenvalue weighted by atomic mass is 10.3. The van der Waals surface area contributed by atoms with Crippen LogP contribution in [0.3, 0.4) is 0 Å². The maximum absolute atomic E-state index is 13.0. The van der Waals surface area contributed by atoms with Crippen molar-refractivity contribution in [3.8, 4) is 5.75 Å². The third kappa shape index (κ3) is 4.66. The van der Waals surface area contributed by atoms with Gasteiger partial charge < -0.3 is 10.1 Å². The van der Waals surface area contributed by atoms with Gasteiger partial charge in [0.05, 0.1) is 5.69 Å². The molecule has 106 valence electrons. The molecule has 1 rings (SSSR count). The van der Waals surface area contributed by atoms with Gasteiger partial charge in [-0.2, -0.15) is 0 Å². The van der Waals surface area contributed by atoms with Crippen molar-refractivity contribution in [2.45, 2.75) is 13.3 Å². The summed E-state index contributed by atoms with van der Waals surface area (Å²) in [6.45, 7) is 0.627. The number of alkyl halides is 2. The second-order valence-corrected chi connectivity index (χ2v) is 3.49. The van der Waals surface area contributed by atoms with Crippen molar-refractivity contribution >= 4 is 11.7 Å². The SMILES string of the molecule is CCN(O)C(=O)Nc1ccc(F)cc1OCC(F)F. The summed E-state index contributed by atoms with van der Waals surface area (Å²) in [5.41, 5.74) is -0.0143. The molecule has 0 aliphatic rings. The fraction of sp³-hybridized carbons (Fsp3) is 0.364. The number of halogens is 3. The van der Waals surface area contributed by atoms with Crippen LogP contribution in [0, 0.1) is 5.82 Å². The van der Waals surface area contributed by atoms with Crippen LogP contribution >= 0.6 is 0 Å². The average Bonchev–Trinajstić information content (AvgIpc) is 2.37. The number of rotatable bonds is 5. The molecule has 0 aliphatic carbocycles. The highest BCUT2D eigenvalue weighted by Gasteiger charge is 2.14. The monoisotopic (exact) mass is 278 g/mol. The Bertz CT molecular complexity index is 443. The summed E-state index contributed by atoms with van der Waals surface area (Å²) in [4.78, 5) is 11.4. The minimum atomic E-state index is -2.73. The second kappa shape index (κ2) is 6.83. The number of hydrogen-bond acceptors (Lipinski definition) is 3. The number of carbonyl (C=O) groups excluding carboxylic acids is 1. The molecule has 0 radical (unpaired) electrons. The number of carbonyl (C=O) groups is 1. The number of amides is 2. The van der Waals surface area contributed by atoms with Gasteiger partial charge in [-0.1, -0.05) is 0 Å². The standard InChI is InChI=1S/C11H13F3N2O3/c1-2-16(18)11(17)15-8-4-3-7(12)5-9(8)19-6-10(13)14/h3-5,10,18H,2,6H2,1H3,(H,15,17). The van der Waals surface area contributed by atoms with E-state index in [1.165, 1.54) is 6.92 Å². The van der Waals surface area contributed by atoms with Gasteiger partial charge in [-0.05, 0) is 19.1 Å². The lowest BCUT2D eigenvalue weighted by Gasteiger charge is -2.16. The third-order valence-corrected chi connectivity index (χ3v) is 2.08. The van der Waals surface area contributed by atoms with E-state index < -0.39 is 24.9 Å². The molecule has 0 atom stereocenters. The van der Waals surface area contributed by atoms with Crippen LogP contribution in [0.5, 0.6) is 5.75 Å². The number of hydrogen-bond donors (Lipinski definition) is 2. The Hall–Kier alpha value is -1.96. The van der Waals surface area contributed by atoms with Crippen LogP contribution in [0.1, 0.15) is 6.92 Å². The van der Waals surface area contributed by atoms with Crippen molar-refractivity contribution < 1.29 is 27.9 Å². The fourth-order valence-electron chi connectivity index (χ4n) is 1.19. The Morgan fingerprint density at radius 2 is 2.21 bits per heavy atom. The number of nitrogens with one attached hydrogen (secondary N) is 1. The van der Waals surface area contributed by atoms with Gasteiger partial charge in [0.1, 0.15) is 18.2 Å². The molecular weight excluding hydrogens is 265 g/mol. The molecule has 0 aromatic heterocycles.